The van der Waals surface area contributed by atoms with Crippen LogP contribution < -0.4 is 5.73 Å². The predicted molar refractivity (Wildman–Crippen MR) is 73.7 cm³/mol. The number of carbonyl (C=O) groups excluding carboxylic acids is 1. The Kier molecular flexibility index (Phi) is 5.85. The van der Waals surface area contributed by atoms with E-state index < -0.39 is 5.97 Å². The minimum atomic E-state index is -0.831. The summed E-state index contributed by atoms with van der Waals surface area (Å²) in [5, 5.41) is 8.53. The summed E-state index contributed by atoms with van der Waals surface area (Å²) < 4.78 is 0. The third-order valence-electron chi connectivity index (χ3n) is 2.92. The van der Waals surface area contributed by atoms with E-state index in [1.54, 1.807) is 11.9 Å². The Morgan fingerprint density at radius 2 is 1.84 bits per heavy atom. The molecule has 0 heterocycles. The van der Waals surface area contributed by atoms with E-state index in [4.69, 9.17) is 10.8 Å². The molecule has 3 N–H and O–H groups in total. The van der Waals surface area contributed by atoms with Gasteiger partial charge in [0.25, 0.3) is 0 Å². The molecule has 0 aliphatic rings. The molecule has 19 heavy (non-hydrogen) atoms. The summed E-state index contributed by atoms with van der Waals surface area (Å²) in [5.74, 6) is -0.801. The van der Waals surface area contributed by atoms with Gasteiger partial charge in [-0.05, 0) is 30.5 Å². The highest BCUT2D eigenvalue weighted by atomic mass is 16.4. The van der Waals surface area contributed by atoms with Crippen molar-refractivity contribution >= 4 is 17.6 Å². The Labute approximate surface area is 113 Å². The molecular weight excluding hydrogens is 244 g/mol. The van der Waals surface area contributed by atoms with Gasteiger partial charge in [-0.1, -0.05) is 12.1 Å². The number of nitrogen functional groups attached to an aromatic ring is 1. The van der Waals surface area contributed by atoms with Crippen molar-refractivity contribution in [2.75, 3.05) is 19.3 Å². The zero-order valence-electron chi connectivity index (χ0n) is 11.1. The average molecular weight is 264 g/mol. The van der Waals surface area contributed by atoms with Gasteiger partial charge in [0, 0.05) is 32.1 Å². The second-order valence-corrected chi connectivity index (χ2v) is 4.55. The van der Waals surface area contributed by atoms with Crippen molar-refractivity contribution in [1.29, 1.82) is 0 Å². The Hall–Kier alpha value is -2.04. The predicted octanol–water partition coefficient (Wildman–Crippen LogP) is 1.52. The molecule has 1 rings (SSSR count). The van der Waals surface area contributed by atoms with Crippen LogP contribution in [0.1, 0.15) is 24.8 Å². The summed E-state index contributed by atoms with van der Waals surface area (Å²) in [6, 6.07) is 7.45. The van der Waals surface area contributed by atoms with Crippen LogP contribution in [0.15, 0.2) is 24.3 Å². The molecule has 0 aliphatic heterocycles. The number of amides is 1. The van der Waals surface area contributed by atoms with Gasteiger partial charge in [-0.15, -0.1) is 0 Å². The van der Waals surface area contributed by atoms with Gasteiger partial charge in [-0.3, -0.25) is 9.59 Å². The molecule has 0 radical (unpaired) electrons. The monoisotopic (exact) mass is 264 g/mol. The summed E-state index contributed by atoms with van der Waals surface area (Å²) in [6.45, 7) is 0.479. The summed E-state index contributed by atoms with van der Waals surface area (Å²) in [6.07, 6.45) is 1.67. The van der Waals surface area contributed by atoms with Crippen LogP contribution in [0.3, 0.4) is 0 Å². The highest BCUT2D eigenvalue weighted by Gasteiger charge is 2.09. The van der Waals surface area contributed by atoms with Crippen molar-refractivity contribution in [2.45, 2.75) is 25.7 Å². The molecule has 1 aromatic rings. The van der Waals surface area contributed by atoms with Crippen LogP contribution in [0, 0.1) is 0 Å². The minimum absolute atomic E-state index is 0.0298. The highest BCUT2D eigenvalue weighted by molar-refractivity contribution is 5.76. The Balaban J connectivity index is 2.30. The van der Waals surface area contributed by atoms with E-state index >= 15 is 0 Å². The summed E-state index contributed by atoms with van der Waals surface area (Å²) in [7, 11) is 1.70. The molecule has 5 heteroatoms. The topological polar surface area (TPSA) is 83.6 Å². The van der Waals surface area contributed by atoms with Crippen LogP contribution in [0.5, 0.6) is 0 Å². The first-order valence-corrected chi connectivity index (χ1v) is 6.29. The second-order valence-electron chi connectivity index (χ2n) is 4.55. The molecule has 5 nitrogen and oxygen atoms in total. The lowest BCUT2D eigenvalue weighted by molar-refractivity contribution is -0.138. The van der Waals surface area contributed by atoms with Gasteiger partial charge in [0.1, 0.15) is 0 Å². The Morgan fingerprint density at radius 1 is 1.21 bits per heavy atom. The number of carboxylic acid groups (broad SMARTS) is 1. The number of hydrogen-bond donors (Lipinski definition) is 2. The van der Waals surface area contributed by atoms with Crippen LogP contribution in [-0.2, 0) is 16.0 Å². The molecule has 0 saturated carbocycles. The van der Waals surface area contributed by atoms with Crippen LogP contribution >= 0.6 is 0 Å². The second kappa shape index (κ2) is 7.41. The first-order chi connectivity index (χ1) is 8.99. The number of carboxylic acids is 1. The van der Waals surface area contributed by atoms with E-state index in [1.165, 1.54) is 0 Å². The fourth-order valence-corrected chi connectivity index (χ4v) is 1.72. The zero-order valence-corrected chi connectivity index (χ0v) is 11.1. The molecule has 0 saturated heterocycles. The van der Waals surface area contributed by atoms with Gasteiger partial charge in [0.2, 0.25) is 5.91 Å². The van der Waals surface area contributed by atoms with Gasteiger partial charge in [-0.25, -0.2) is 0 Å². The lowest BCUT2D eigenvalue weighted by Gasteiger charge is -2.16. The number of anilines is 1. The van der Waals surface area contributed by atoms with Crippen LogP contribution in [0.4, 0.5) is 5.69 Å². The maximum absolute atomic E-state index is 11.8. The average Bonchev–Trinajstić information content (AvgIpc) is 2.37. The molecule has 0 bridgehead atoms. The summed E-state index contributed by atoms with van der Waals surface area (Å²) in [4.78, 5) is 23.8. The smallest absolute Gasteiger partial charge is 0.303 e. The minimum Gasteiger partial charge on any atom is -0.481 e. The van der Waals surface area contributed by atoms with Crippen molar-refractivity contribution in [3.05, 3.63) is 29.8 Å². The van der Waals surface area contributed by atoms with Gasteiger partial charge < -0.3 is 15.7 Å². The van der Waals surface area contributed by atoms with E-state index in [-0.39, 0.29) is 12.3 Å². The van der Waals surface area contributed by atoms with E-state index in [1.807, 2.05) is 24.3 Å². The number of rotatable bonds is 7. The number of hydrogen-bond acceptors (Lipinski definition) is 3. The van der Waals surface area contributed by atoms with Crippen molar-refractivity contribution in [2.24, 2.45) is 0 Å². The molecule has 0 fully saturated rings. The summed E-state index contributed by atoms with van der Waals surface area (Å²) >= 11 is 0. The van der Waals surface area contributed by atoms with Crippen molar-refractivity contribution in [1.82, 2.24) is 4.90 Å². The Bertz CT molecular complexity index is 429. The first-order valence-electron chi connectivity index (χ1n) is 6.29. The van der Waals surface area contributed by atoms with Gasteiger partial charge in [0.15, 0.2) is 0 Å². The van der Waals surface area contributed by atoms with Crippen LogP contribution in [0.25, 0.3) is 0 Å². The van der Waals surface area contributed by atoms with E-state index in [0.717, 1.165) is 5.56 Å². The maximum atomic E-state index is 11.8. The lowest BCUT2D eigenvalue weighted by Crippen LogP contribution is -2.28. The molecule has 1 aromatic carbocycles. The third kappa shape index (κ3) is 5.90. The van der Waals surface area contributed by atoms with Crippen molar-refractivity contribution < 1.29 is 14.7 Å². The van der Waals surface area contributed by atoms with Crippen LogP contribution in [-0.4, -0.2) is 35.5 Å². The number of aryl methyl sites for hydroxylation is 1. The lowest BCUT2D eigenvalue weighted by atomic mass is 10.1. The largest absolute Gasteiger partial charge is 0.481 e. The van der Waals surface area contributed by atoms with Crippen LogP contribution in [0.2, 0.25) is 0 Å². The number of carbonyl (C=O) groups is 2. The van der Waals surface area contributed by atoms with Gasteiger partial charge in [0.05, 0.1) is 0 Å². The fraction of sp³-hybridized carbons (Fsp3) is 0.429. The molecule has 104 valence electrons. The highest BCUT2D eigenvalue weighted by Crippen LogP contribution is 2.08. The van der Waals surface area contributed by atoms with E-state index in [0.29, 0.717) is 31.5 Å². The van der Waals surface area contributed by atoms with Crippen molar-refractivity contribution in [3.8, 4) is 0 Å². The molecule has 0 aromatic heterocycles. The third-order valence-corrected chi connectivity index (χ3v) is 2.92. The molecule has 1 amide bonds. The summed E-state index contributed by atoms with van der Waals surface area (Å²) in [5.41, 5.74) is 7.37. The standard InChI is InChI=1S/C14H20N2O3/c1-16(10-2-3-14(18)19)13(17)9-6-11-4-7-12(15)8-5-11/h4-5,7-8H,2-3,6,9-10,15H2,1H3,(H,18,19). The molecular formula is C14H20N2O3. The molecule has 0 atom stereocenters. The quantitative estimate of drug-likeness (QED) is 0.731. The van der Waals surface area contributed by atoms with E-state index in [2.05, 4.69) is 0 Å². The van der Waals surface area contributed by atoms with Crippen molar-refractivity contribution in [3.63, 3.8) is 0 Å². The molecule has 0 aliphatic carbocycles. The fourth-order valence-electron chi connectivity index (χ4n) is 1.72. The maximum Gasteiger partial charge on any atom is 0.303 e. The first kappa shape index (κ1) is 15.0. The molecule has 0 unspecified atom stereocenters. The molecule has 0 spiro atoms. The van der Waals surface area contributed by atoms with E-state index in [9.17, 15) is 9.59 Å². The normalized spacial score (nSPS) is 10.2. The zero-order chi connectivity index (χ0) is 14.3. The number of aliphatic carboxylic acids is 1. The SMILES string of the molecule is CN(CCCC(=O)O)C(=O)CCc1ccc(N)cc1. The number of nitrogens with zero attached hydrogens (tertiary/aromatic N) is 1. The van der Waals surface area contributed by atoms with Gasteiger partial charge in [-0.2, -0.15) is 0 Å². The number of nitrogens with two attached hydrogens (primary N) is 1. The van der Waals surface area contributed by atoms with Gasteiger partial charge >= 0.3 is 5.97 Å². The Morgan fingerprint density at radius 3 is 2.42 bits per heavy atom. The number of benzene rings is 1.